The van der Waals surface area contributed by atoms with Crippen LogP contribution in [0.4, 0.5) is 0 Å². The lowest BCUT2D eigenvalue weighted by atomic mass is 10.2. The molecule has 2 heterocycles. The first-order chi connectivity index (χ1) is 7.72. The Morgan fingerprint density at radius 3 is 3.00 bits per heavy atom. The first kappa shape index (κ1) is 10.6. The van der Waals surface area contributed by atoms with Gasteiger partial charge in [-0.3, -0.25) is 0 Å². The van der Waals surface area contributed by atoms with Gasteiger partial charge < -0.3 is 10.9 Å². The van der Waals surface area contributed by atoms with Gasteiger partial charge >= 0.3 is 0 Å². The van der Waals surface area contributed by atoms with Crippen molar-refractivity contribution in [2.45, 2.75) is 0 Å². The summed E-state index contributed by atoms with van der Waals surface area (Å²) in [5, 5.41) is 15.7. The Morgan fingerprint density at radius 2 is 2.38 bits per heavy atom. The number of oxime groups is 1. The minimum atomic E-state index is -0.00489. The average molecular weight is 282 g/mol. The molecule has 2 aromatic rings. The Bertz CT molecular complexity index is 536. The van der Waals surface area contributed by atoms with E-state index in [2.05, 4.69) is 31.2 Å². The summed E-state index contributed by atoms with van der Waals surface area (Å²) in [6, 6.07) is 3.41. The zero-order valence-electron chi connectivity index (χ0n) is 8.08. The first-order valence-electron chi connectivity index (χ1n) is 4.36. The standard InChI is InChI=1S/C9H8BrN5O/c10-6-4-13-15(5-6)9-7(8(11)14-16)2-1-3-12-9/h1-5,16H,(H2,11,14). The largest absolute Gasteiger partial charge is 0.409 e. The van der Waals surface area contributed by atoms with E-state index in [0.29, 0.717) is 11.4 Å². The van der Waals surface area contributed by atoms with Crippen molar-refractivity contribution in [3.63, 3.8) is 0 Å². The molecule has 6 nitrogen and oxygen atoms in total. The van der Waals surface area contributed by atoms with E-state index in [1.807, 2.05) is 0 Å². The van der Waals surface area contributed by atoms with Crippen LogP contribution in [0, 0.1) is 0 Å². The summed E-state index contributed by atoms with van der Waals surface area (Å²) < 4.78 is 2.36. The Kier molecular flexibility index (Phi) is 2.86. The number of amidine groups is 1. The van der Waals surface area contributed by atoms with E-state index in [1.165, 1.54) is 4.68 Å². The van der Waals surface area contributed by atoms with Crippen LogP contribution < -0.4 is 5.73 Å². The lowest BCUT2D eigenvalue weighted by Crippen LogP contribution is -2.17. The van der Waals surface area contributed by atoms with Crippen LogP contribution in [-0.2, 0) is 0 Å². The SMILES string of the molecule is N/C(=N\O)c1cccnc1-n1cc(Br)cn1. The molecule has 0 saturated carbocycles. The molecule has 0 atom stereocenters. The summed E-state index contributed by atoms with van der Waals surface area (Å²) >= 11 is 3.29. The van der Waals surface area contributed by atoms with Gasteiger partial charge in [-0.05, 0) is 28.1 Å². The summed E-state index contributed by atoms with van der Waals surface area (Å²) in [5.41, 5.74) is 6.06. The smallest absolute Gasteiger partial charge is 0.173 e. The molecule has 2 aromatic heterocycles. The molecule has 0 aliphatic carbocycles. The first-order valence-corrected chi connectivity index (χ1v) is 5.15. The molecule has 16 heavy (non-hydrogen) atoms. The molecule has 3 N–H and O–H groups in total. The number of pyridine rings is 1. The minimum Gasteiger partial charge on any atom is -0.409 e. The number of nitrogens with two attached hydrogens (primary N) is 1. The number of halogens is 1. The van der Waals surface area contributed by atoms with Crippen molar-refractivity contribution >= 4 is 21.8 Å². The third kappa shape index (κ3) is 1.89. The predicted octanol–water partition coefficient (Wildman–Crippen LogP) is 1.12. The summed E-state index contributed by atoms with van der Waals surface area (Å²) in [7, 11) is 0. The highest BCUT2D eigenvalue weighted by atomic mass is 79.9. The number of hydrogen-bond acceptors (Lipinski definition) is 4. The van der Waals surface area contributed by atoms with Crippen LogP contribution in [0.1, 0.15) is 5.56 Å². The zero-order chi connectivity index (χ0) is 11.5. The monoisotopic (exact) mass is 281 g/mol. The van der Waals surface area contributed by atoms with Gasteiger partial charge in [0, 0.05) is 12.4 Å². The van der Waals surface area contributed by atoms with E-state index < -0.39 is 0 Å². The quantitative estimate of drug-likeness (QED) is 0.374. The molecule has 7 heteroatoms. The van der Waals surface area contributed by atoms with Crippen LogP contribution in [0.3, 0.4) is 0 Å². The van der Waals surface area contributed by atoms with Gasteiger partial charge in [-0.25, -0.2) is 9.67 Å². The second kappa shape index (κ2) is 4.31. The summed E-state index contributed by atoms with van der Waals surface area (Å²) in [6.07, 6.45) is 4.97. The average Bonchev–Trinajstić information content (AvgIpc) is 2.75. The molecule has 0 aromatic carbocycles. The summed E-state index contributed by atoms with van der Waals surface area (Å²) in [6.45, 7) is 0. The van der Waals surface area contributed by atoms with Crippen molar-refractivity contribution in [1.29, 1.82) is 0 Å². The fraction of sp³-hybridized carbons (Fsp3) is 0. The molecule has 0 fully saturated rings. The van der Waals surface area contributed by atoms with Gasteiger partial charge in [0.25, 0.3) is 0 Å². The van der Waals surface area contributed by atoms with Crippen molar-refractivity contribution < 1.29 is 5.21 Å². The maximum Gasteiger partial charge on any atom is 0.173 e. The second-order valence-corrected chi connectivity index (χ2v) is 3.88. The maximum absolute atomic E-state index is 8.66. The number of rotatable bonds is 2. The molecular formula is C9H8BrN5O. The minimum absolute atomic E-state index is 0.00489. The topological polar surface area (TPSA) is 89.3 Å². The van der Waals surface area contributed by atoms with Crippen LogP contribution in [0.15, 0.2) is 40.4 Å². The molecule has 0 bridgehead atoms. The molecule has 0 aliphatic rings. The third-order valence-corrected chi connectivity index (χ3v) is 2.35. The maximum atomic E-state index is 8.66. The van der Waals surface area contributed by atoms with E-state index in [9.17, 15) is 0 Å². The van der Waals surface area contributed by atoms with E-state index >= 15 is 0 Å². The molecule has 0 amide bonds. The molecule has 2 rings (SSSR count). The fourth-order valence-electron chi connectivity index (χ4n) is 1.25. The molecule has 82 valence electrons. The Hall–Kier alpha value is -1.89. The van der Waals surface area contributed by atoms with Gasteiger partial charge in [0.15, 0.2) is 11.7 Å². The van der Waals surface area contributed by atoms with Gasteiger partial charge in [0.2, 0.25) is 0 Å². The molecule has 0 radical (unpaired) electrons. The summed E-state index contributed by atoms with van der Waals surface area (Å²) in [4.78, 5) is 4.14. The zero-order valence-corrected chi connectivity index (χ0v) is 9.66. The van der Waals surface area contributed by atoms with E-state index in [0.717, 1.165) is 4.47 Å². The van der Waals surface area contributed by atoms with Crippen molar-refractivity contribution in [1.82, 2.24) is 14.8 Å². The van der Waals surface area contributed by atoms with Crippen molar-refractivity contribution in [2.24, 2.45) is 10.9 Å². The molecule has 0 unspecified atom stereocenters. The van der Waals surface area contributed by atoms with Crippen LogP contribution in [-0.4, -0.2) is 25.8 Å². The van der Waals surface area contributed by atoms with Gasteiger partial charge in [-0.1, -0.05) is 5.16 Å². The molecule has 0 spiro atoms. The van der Waals surface area contributed by atoms with Gasteiger partial charge in [-0.15, -0.1) is 0 Å². The van der Waals surface area contributed by atoms with Crippen molar-refractivity contribution in [3.8, 4) is 5.82 Å². The number of hydrogen-bond donors (Lipinski definition) is 2. The van der Waals surface area contributed by atoms with Gasteiger partial charge in [-0.2, -0.15) is 5.10 Å². The van der Waals surface area contributed by atoms with Crippen molar-refractivity contribution in [2.75, 3.05) is 0 Å². The normalized spacial score (nSPS) is 11.7. The van der Waals surface area contributed by atoms with Crippen LogP contribution in [0.25, 0.3) is 5.82 Å². The van der Waals surface area contributed by atoms with Crippen molar-refractivity contribution in [3.05, 3.63) is 40.8 Å². The second-order valence-electron chi connectivity index (χ2n) is 2.96. The highest BCUT2D eigenvalue weighted by molar-refractivity contribution is 9.10. The predicted molar refractivity (Wildman–Crippen MR) is 61.6 cm³/mol. The van der Waals surface area contributed by atoms with Crippen LogP contribution >= 0.6 is 15.9 Å². The van der Waals surface area contributed by atoms with E-state index in [4.69, 9.17) is 10.9 Å². The third-order valence-electron chi connectivity index (χ3n) is 1.94. The van der Waals surface area contributed by atoms with E-state index in [1.54, 1.807) is 30.7 Å². The number of aromatic nitrogens is 3. The molecule has 0 saturated heterocycles. The fourth-order valence-corrected chi connectivity index (χ4v) is 1.54. The Labute approximate surface area is 99.5 Å². The lowest BCUT2D eigenvalue weighted by molar-refractivity contribution is 0.318. The highest BCUT2D eigenvalue weighted by Gasteiger charge is 2.10. The van der Waals surface area contributed by atoms with Crippen LogP contribution in [0.2, 0.25) is 0 Å². The highest BCUT2D eigenvalue weighted by Crippen LogP contribution is 2.14. The van der Waals surface area contributed by atoms with E-state index in [-0.39, 0.29) is 5.84 Å². The number of nitrogens with zero attached hydrogens (tertiary/aromatic N) is 4. The molecular weight excluding hydrogens is 274 g/mol. The van der Waals surface area contributed by atoms with Crippen LogP contribution in [0.5, 0.6) is 0 Å². The van der Waals surface area contributed by atoms with Gasteiger partial charge in [0.1, 0.15) is 0 Å². The lowest BCUT2D eigenvalue weighted by Gasteiger charge is -2.05. The molecule has 0 aliphatic heterocycles. The Balaban J connectivity index is 2.57. The van der Waals surface area contributed by atoms with Gasteiger partial charge in [0.05, 0.1) is 16.2 Å². The summed E-state index contributed by atoms with van der Waals surface area (Å²) in [5.74, 6) is 0.498. The Morgan fingerprint density at radius 1 is 1.56 bits per heavy atom.